The van der Waals surface area contributed by atoms with E-state index >= 15 is 0 Å². The quantitative estimate of drug-likeness (QED) is 0.790. The van der Waals surface area contributed by atoms with Crippen molar-refractivity contribution < 1.29 is 13.2 Å². The lowest BCUT2D eigenvalue weighted by Gasteiger charge is -2.31. The van der Waals surface area contributed by atoms with Crippen LogP contribution in [0.25, 0.3) is 0 Å². The molecule has 2 rings (SSSR count). The van der Waals surface area contributed by atoms with E-state index in [-0.39, 0.29) is 16.2 Å². The second-order valence-corrected chi connectivity index (χ2v) is 7.01. The molecule has 1 unspecified atom stereocenters. The van der Waals surface area contributed by atoms with Crippen molar-refractivity contribution >= 4 is 27.3 Å². The number of thiophene rings is 1. The van der Waals surface area contributed by atoms with Crippen molar-refractivity contribution in [3.63, 3.8) is 0 Å². The first-order chi connectivity index (χ1) is 8.38. The summed E-state index contributed by atoms with van der Waals surface area (Å²) in [7, 11) is -3.72. The maximum atomic E-state index is 12.2. The van der Waals surface area contributed by atoms with E-state index in [1.54, 1.807) is 4.90 Å². The third-order valence-corrected chi connectivity index (χ3v) is 5.14. The van der Waals surface area contributed by atoms with E-state index in [1.165, 1.54) is 11.4 Å². The van der Waals surface area contributed by atoms with Crippen molar-refractivity contribution in [2.45, 2.75) is 17.2 Å². The van der Waals surface area contributed by atoms with Crippen LogP contribution in [-0.2, 0) is 10.0 Å². The third kappa shape index (κ3) is 2.89. The largest absolute Gasteiger partial charge is 0.336 e. The second kappa shape index (κ2) is 4.96. The van der Waals surface area contributed by atoms with Crippen LogP contribution in [0.1, 0.15) is 17.3 Å². The lowest BCUT2D eigenvalue weighted by atomic mass is 10.2. The summed E-state index contributed by atoms with van der Waals surface area (Å²) < 4.78 is 22.3. The van der Waals surface area contributed by atoms with Crippen LogP contribution in [0.2, 0.25) is 0 Å². The highest BCUT2D eigenvalue weighted by Gasteiger charge is 2.23. The molecule has 1 aliphatic heterocycles. The van der Waals surface area contributed by atoms with Crippen molar-refractivity contribution in [3.8, 4) is 0 Å². The number of hydrogen-bond donors (Lipinski definition) is 2. The number of carbonyl (C=O) groups is 1. The highest BCUT2D eigenvalue weighted by molar-refractivity contribution is 7.91. The molecule has 8 heteroatoms. The molecule has 6 nitrogen and oxygen atoms in total. The van der Waals surface area contributed by atoms with Gasteiger partial charge in [0.15, 0.2) is 0 Å². The molecule has 3 N–H and O–H groups in total. The molecule has 0 aromatic carbocycles. The predicted octanol–water partition coefficient (Wildman–Crippen LogP) is -0.171. The minimum Gasteiger partial charge on any atom is -0.336 e. The first-order valence-corrected chi connectivity index (χ1v) is 7.94. The van der Waals surface area contributed by atoms with Gasteiger partial charge in [-0.05, 0) is 13.0 Å². The minimum atomic E-state index is -3.72. The van der Waals surface area contributed by atoms with E-state index in [9.17, 15) is 13.2 Å². The van der Waals surface area contributed by atoms with E-state index < -0.39 is 10.0 Å². The molecular weight excluding hydrogens is 274 g/mol. The van der Waals surface area contributed by atoms with Crippen LogP contribution in [0.15, 0.2) is 15.7 Å². The van der Waals surface area contributed by atoms with E-state index in [0.717, 1.165) is 17.9 Å². The molecule has 1 fully saturated rings. The zero-order chi connectivity index (χ0) is 13.3. The molecule has 1 amide bonds. The van der Waals surface area contributed by atoms with Gasteiger partial charge in [-0.3, -0.25) is 4.79 Å². The van der Waals surface area contributed by atoms with Gasteiger partial charge < -0.3 is 10.2 Å². The van der Waals surface area contributed by atoms with Gasteiger partial charge >= 0.3 is 0 Å². The van der Waals surface area contributed by atoms with Gasteiger partial charge in [0.1, 0.15) is 4.21 Å². The fourth-order valence-electron chi connectivity index (χ4n) is 1.88. The van der Waals surface area contributed by atoms with Gasteiger partial charge in [-0.2, -0.15) is 0 Å². The monoisotopic (exact) mass is 289 g/mol. The Bertz CT molecular complexity index is 552. The van der Waals surface area contributed by atoms with Gasteiger partial charge in [0, 0.05) is 31.1 Å². The average Bonchev–Trinajstić information content (AvgIpc) is 2.77. The number of hydrogen-bond acceptors (Lipinski definition) is 5. The third-order valence-electron chi connectivity index (χ3n) is 2.76. The molecule has 1 saturated heterocycles. The zero-order valence-corrected chi connectivity index (χ0v) is 11.6. The molecule has 1 aromatic heterocycles. The van der Waals surface area contributed by atoms with Crippen LogP contribution < -0.4 is 10.5 Å². The molecule has 2 heterocycles. The predicted molar refractivity (Wildman–Crippen MR) is 69.1 cm³/mol. The fourth-order valence-corrected chi connectivity index (χ4v) is 3.46. The number of primary sulfonamides is 1. The van der Waals surface area contributed by atoms with Gasteiger partial charge in [-0.1, -0.05) is 0 Å². The zero-order valence-electron chi connectivity index (χ0n) is 9.92. The normalized spacial score (nSPS) is 21.0. The number of sulfonamides is 1. The minimum absolute atomic E-state index is 0.0223. The Morgan fingerprint density at radius 2 is 2.33 bits per heavy atom. The average molecular weight is 289 g/mol. The van der Waals surface area contributed by atoms with Crippen LogP contribution in [-0.4, -0.2) is 44.9 Å². The van der Waals surface area contributed by atoms with Gasteiger partial charge in [0.2, 0.25) is 10.0 Å². The smallest absolute Gasteiger partial charge is 0.254 e. The first kappa shape index (κ1) is 13.5. The van der Waals surface area contributed by atoms with Crippen molar-refractivity contribution in [3.05, 3.63) is 17.0 Å². The maximum absolute atomic E-state index is 12.2. The molecule has 0 radical (unpaired) electrons. The van der Waals surface area contributed by atoms with Crippen molar-refractivity contribution in [1.82, 2.24) is 10.2 Å². The van der Waals surface area contributed by atoms with E-state index in [1.807, 2.05) is 6.92 Å². The van der Waals surface area contributed by atoms with Gasteiger partial charge in [-0.25, -0.2) is 13.6 Å². The summed E-state index contributed by atoms with van der Waals surface area (Å²) in [6.45, 7) is 4.00. The summed E-state index contributed by atoms with van der Waals surface area (Å²) in [5.41, 5.74) is 0.387. The molecule has 1 aromatic rings. The summed E-state index contributed by atoms with van der Waals surface area (Å²) in [6, 6.07) is 1.59. The van der Waals surface area contributed by atoms with E-state index in [4.69, 9.17) is 5.14 Å². The molecule has 0 saturated carbocycles. The Kier molecular flexibility index (Phi) is 3.71. The lowest BCUT2D eigenvalue weighted by Crippen LogP contribution is -2.51. The van der Waals surface area contributed by atoms with E-state index in [0.29, 0.717) is 18.7 Å². The molecule has 1 aliphatic rings. The number of carbonyl (C=O) groups excluding carboxylic acids is 1. The summed E-state index contributed by atoms with van der Waals surface area (Å²) in [4.78, 5) is 13.9. The lowest BCUT2D eigenvalue weighted by molar-refractivity contribution is 0.0709. The number of rotatable bonds is 2. The fraction of sp³-hybridized carbons (Fsp3) is 0.500. The van der Waals surface area contributed by atoms with Crippen LogP contribution in [0.4, 0.5) is 0 Å². The molecule has 100 valence electrons. The number of piperazine rings is 1. The number of amides is 1. The molecule has 0 spiro atoms. The first-order valence-electron chi connectivity index (χ1n) is 5.52. The number of nitrogens with two attached hydrogens (primary N) is 1. The summed E-state index contributed by atoms with van der Waals surface area (Å²) in [5, 5.41) is 9.80. The van der Waals surface area contributed by atoms with Crippen molar-refractivity contribution in [1.29, 1.82) is 0 Å². The van der Waals surface area contributed by atoms with Crippen LogP contribution >= 0.6 is 11.3 Å². The van der Waals surface area contributed by atoms with Crippen LogP contribution in [0.3, 0.4) is 0 Å². The van der Waals surface area contributed by atoms with Crippen LogP contribution in [0.5, 0.6) is 0 Å². The Balaban J connectivity index is 2.16. The van der Waals surface area contributed by atoms with Crippen molar-refractivity contribution in [2.24, 2.45) is 5.14 Å². The SMILES string of the molecule is CC1CN(C(=O)c2csc(S(N)(=O)=O)c2)CCN1. The Morgan fingerprint density at radius 3 is 2.89 bits per heavy atom. The Labute approximate surface area is 110 Å². The topological polar surface area (TPSA) is 92.5 Å². The van der Waals surface area contributed by atoms with E-state index in [2.05, 4.69) is 5.32 Å². The highest BCUT2D eigenvalue weighted by atomic mass is 32.2. The molecule has 0 bridgehead atoms. The highest BCUT2D eigenvalue weighted by Crippen LogP contribution is 2.20. The number of nitrogens with one attached hydrogen (secondary N) is 1. The second-order valence-electron chi connectivity index (χ2n) is 4.31. The maximum Gasteiger partial charge on any atom is 0.254 e. The Morgan fingerprint density at radius 1 is 1.61 bits per heavy atom. The van der Waals surface area contributed by atoms with Gasteiger partial charge in [-0.15, -0.1) is 11.3 Å². The summed E-state index contributed by atoms with van der Waals surface area (Å²) >= 11 is 0.974. The standard InChI is InChI=1S/C10H15N3O3S2/c1-7-5-13(3-2-12-7)10(14)8-4-9(17-6-8)18(11,15)16/h4,6-7,12H,2-3,5H2,1H3,(H2,11,15,16). The van der Waals surface area contributed by atoms with Crippen molar-refractivity contribution in [2.75, 3.05) is 19.6 Å². The summed E-state index contributed by atoms with van der Waals surface area (Å²) in [5.74, 6) is -0.144. The van der Waals surface area contributed by atoms with Gasteiger partial charge in [0.25, 0.3) is 5.91 Å². The molecular formula is C10H15N3O3S2. The number of nitrogens with zero attached hydrogens (tertiary/aromatic N) is 1. The Hall–Kier alpha value is -0.960. The molecule has 1 atom stereocenters. The van der Waals surface area contributed by atoms with Gasteiger partial charge in [0.05, 0.1) is 5.56 Å². The summed E-state index contributed by atoms with van der Waals surface area (Å²) in [6.07, 6.45) is 0. The molecule has 0 aliphatic carbocycles. The molecule has 18 heavy (non-hydrogen) atoms. The van der Waals surface area contributed by atoms with Crippen LogP contribution in [0, 0.1) is 0 Å².